The summed E-state index contributed by atoms with van der Waals surface area (Å²) in [6.07, 6.45) is -4.12. The van der Waals surface area contributed by atoms with Crippen LogP contribution in [0.4, 0.5) is 17.6 Å². The summed E-state index contributed by atoms with van der Waals surface area (Å²) in [6, 6.07) is 9.44. The molecule has 0 fully saturated rings. The lowest BCUT2D eigenvalue weighted by atomic mass is 10.0. The van der Waals surface area contributed by atoms with Crippen molar-refractivity contribution in [2.45, 2.75) is 6.18 Å². The molecule has 0 radical (unpaired) electrons. The summed E-state index contributed by atoms with van der Waals surface area (Å²) >= 11 is 12.1. The lowest BCUT2D eigenvalue weighted by Gasteiger charge is -2.13. The van der Waals surface area contributed by atoms with Gasteiger partial charge in [0, 0.05) is 0 Å². The molecule has 0 aliphatic carbocycles. The van der Waals surface area contributed by atoms with E-state index in [-0.39, 0.29) is 21.3 Å². The van der Waals surface area contributed by atoms with Gasteiger partial charge in [-0.25, -0.2) is 13.9 Å². The fourth-order valence-corrected chi connectivity index (χ4v) is 3.72. The SMILES string of the molecule is COC(=O)c1c(-c2c(F)cccc2Cl)noc1-c1cnn(-c2ccccc2Cl)c1C(F)(F)F. The number of rotatable bonds is 4. The minimum absolute atomic E-state index is 0.00207. The van der Waals surface area contributed by atoms with Gasteiger partial charge in [0.15, 0.2) is 11.5 Å². The van der Waals surface area contributed by atoms with E-state index in [0.29, 0.717) is 4.68 Å². The Labute approximate surface area is 193 Å². The highest BCUT2D eigenvalue weighted by Crippen LogP contribution is 2.43. The van der Waals surface area contributed by atoms with Crippen LogP contribution in [0.25, 0.3) is 28.3 Å². The molecule has 0 saturated heterocycles. The first kappa shape index (κ1) is 22.8. The van der Waals surface area contributed by atoms with Crippen molar-refractivity contribution >= 4 is 29.2 Å². The Morgan fingerprint density at radius 2 is 1.79 bits per heavy atom. The summed E-state index contributed by atoms with van der Waals surface area (Å²) in [5.74, 6) is -2.60. The number of aromatic nitrogens is 3. The summed E-state index contributed by atoms with van der Waals surface area (Å²) in [4.78, 5) is 12.6. The lowest BCUT2D eigenvalue weighted by Crippen LogP contribution is -2.15. The van der Waals surface area contributed by atoms with Gasteiger partial charge >= 0.3 is 12.1 Å². The molecule has 4 aromatic rings. The van der Waals surface area contributed by atoms with Gasteiger partial charge in [-0.15, -0.1) is 0 Å². The van der Waals surface area contributed by atoms with E-state index in [1.165, 1.54) is 30.3 Å². The molecular weight excluding hydrogens is 489 g/mol. The zero-order chi connectivity index (χ0) is 23.9. The Morgan fingerprint density at radius 1 is 1.09 bits per heavy atom. The third kappa shape index (κ3) is 3.96. The third-order valence-electron chi connectivity index (χ3n) is 4.64. The molecule has 170 valence electrons. The molecule has 0 atom stereocenters. The maximum absolute atomic E-state index is 14.5. The fraction of sp³-hybridized carbons (Fsp3) is 0.0952. The standard InChI is InChI=1S/C21H11Cl2F4N3O3/c1-32-20(31)16-17(15-12(23)6-4-7-13(15)24)29-33-18(16)10-9-28-30(19(10)21(25,26)27)14-8-3-2-5-11(14)22/h2-9H,1H3. The molecule has 2 aromatic heterocycles. The first-order chi connectivity index (χ1) is 15.6. The van der Waals surface area contributed by atoms with Gasteiger partial charge in [0.05, 0.1) is 40.2 Å². The second kappa shape index (κ2) is 8.53. The van der Waals surface area contributed by atoms with E-state index in [4.69, 9.17) is 32.5 Å². The maximum Gasteiger partial charge on any atom is 0.434 e. The van der Waals surface area contributed by atoms with E-state index in [2.05, 4.69) is 10.3 Å². The van der Waals surface area contributed by atoms with Crippen molar-refractivity contribution in [2.75, 3.05) is 7.11 Å². The van der Waals surface area contributed by atoms with Gasteiger partial charge in [0.25, 0.3) is 0 Å². The summed E-state index contributed by atoms with van der Waals surface area (Å²) in [5.41, 5.74) is -3.28. The van der Waals surface area contributed by atoms with Crippen molar-refractivity contribution in [3.63, 3.8) is 0 Å². The molecule has 0 aliphatic rings. The molecule has 0 bridgehead atoms. The van der Waals surface area contributed by atoms with E-state index in [1.54, 1.807) is 6.07 Å². The number of carbonyl (C=O) groups is 1. The molecule has 0 saturated carbocycles. The minimum atomic E-state index is -4.96. The zero-order valence-electron chi connectivity index (χ0n) is 16.5. The molecule has 33 heavy (non-hydrogen) atoms. The molecule has 0 amide bonds. The summed E-state index contributed by atoms with van der Waals surface area (Å²) in [6.45, 7) is 0. The molecule has 0 spiro atoms. The summed E-state index contributed by atoms with van der Waals surface area (Å²) < 4.78 is 67.4. The van der Waals surface area contributed by atoms with E-state index >= 15 is 0 Å². The van der Waals surface area contributed by atoms with E-state index in [1.807, 2.05) is 0 Å². The van der Waals surface area contributed by atoms with Gasteiger partial charge < -0.3 is 9.26 Å². The Balaban J connectivity index is 2.02. The van der Waals surface area contributed by atoms with E-state index in [9.17, 15) is 22.4 Å². The van der Waals surface area contributed by atoms with Crippen LogP contribution < -0.4 is 0 Å². The Morgan fingerprint density at radius 3 is 2.42 bits per heavy atom. The molecule has 12 heteroatoms. The van der Waals surface area contributed by atoms with Gasteiger partial charge in [-0.05, 0) is 24.3 Å². The van der Waals surface area contributed by atoms with Crippen LogP contribution in [-0.2, 0) is 10.9 Å². The van der Waals surface area contributed by atoms with Gasteiger partial charge in [0.2, 0.25) is 0 Å². The largest absolute Gasteiger partial charge is 0.465 e. The van der Waals surface area contributed by atoms with Crippen LogP contribution in [-0.4, -0.2) is 28.0 Å². The van der Waals surface area contributed by atoms with Crippen LogP contribution in [0.3, 0.4) is 0 Å². The normalized spacial score (nSPS) is 11.6. The van der Waals surface area contributed by atoms with Crippen LogP contribution in [0, 0.1) is 5.82 Å². The predicted molar refractivity (Wildman–Crippen MR) is 111 cm³/mol. The molecule has 2 aromatic carbocycles. The van der Waals surface area contributed by atoms with Crippen LogP contribution in [0.5, 0.6) is 0 Å². The number of para-hydroxylation sites is 1. The number of carbonyl (C=O) groups excluding carboxylic acids is 1. The molecule has 6 nitrogen and oxygen atoms in total. The van der Waals surface area contributed by atoms with Gasteiger partial charge in [-0.2, -0.15) is 18.3 Å². The topological polar surface area (TPSA) is 70.2 Å². The fourth-order valence-electron chi connectivity index (χ4n) is 3.25. The molecular formula is C21H11Cl2F4N3O3. The summed E-state index contributed by atoms with van der Waals surface area (Å²) in [7, 11) is 1.00. The van der Waals surface area contributed by atoms with Crippen LogP contribution in [0.2, 0.25) is 10.0 Å². The van der Waals surface area contributed by atoms with Gasteiger partial charge in [0.1, 0.15) is 17.1 Å². The highest BCUT2D eigenvalue weighted by Gasteiger charge is 2.42. The van der Waals surface area contributed by atoms with Crippen molar-refractivity contribution < 1.29 is 31.6 Å². The van der Waals surface area contributed by atoms with Crippen LogP contribution in [0.1, 0.15) is 16.1 Å². The minimum Gasteiger partial charge on any atom is -0.465 e. The maximum atomic E-state index is 14.5. The average molecular weight is 500 g/mol. The zero-order valence-corrected chi connectivity index (χ0v) is 18.0. The van der Waals surface area contributed by atoms with Gasteiger partial charge in [-0.3, -0.25) is 0 Å². The number of esters is 1. The monoisotopic (exact) mass is 499 g/mol. The number of alkyl halides is 3. The first-order valence-corrected chi connectivity index (χ1v) is 9.83. The van der Waals surface area contributed by atoms with Crippen LogP contribution in [0.15, 0.2) is 53.2 Å². The smallest absolute Gasteiger partial charge is 0.434 e. The van der Waals surface area contributed by atoms with Crippen LogP contribution >= 0.6 is 23.2 Å². The lowest BCUT2D eigenvalue weighted by molar-refractivity contribution is -0.142. The first-order valence-electron chi connectivity index (χ1n) is 9.08. The number of ether oxygens (including phenoxy) is 1. The second-order valence-corrected chi connectivity index (χ2v) is 7.41. The second-order valence-electron chi connectivity index (χ2n) is 6.59. The molecule has 0 N–H and O–H groups in total. The highest BCUT2D eigenvalue weighted by atomic mass is 35.5. The predicted octanol–water partition coefficient (Wildman–Crippen LogP) is 6.45. The Bertz CT molecular complexity index is 1350. The molecule has 4 rings (SSSR count). The quantitative estimate of drug-likeness (QED) is 0.238. The summed E-state index contributed by atoms with van der Waals surface area (Å²) in [5, 5.41) is 7.32. The molecule has 0 aliphatic heterocycles. The molecule has 0 unspecified atom stereocenters. The molecule has 2 heterocycles. The number of hydrogen-bond donors (Lipinski definition) is 0. The number of halogens is 6. The number of hydrogen-bond acceptors (Lipinski definition) is 5. The van der Waals surface area contributed by atoms with E-state index < -0.39 is 46.2 Å². The third-order valence-corrected chi connectivity index (χ3v) is 5.28. The number of methoxy groups -OCH3 is 1. The number of nitrogens with zero attached hydrogens (tertiary/aromatic N) is 3. The van der Waals surface area contributed by atoms with Crippen molar-refractivity contribution in [1.29, 1.82) is 0 Å². The van der Waals surface area contributed by atoms with Crippen molar-refractivity contribution in [3.05, 3.63) is 75.8 Å². The van der Waals surface area contributed by atoms with Crippen molar-refractivity contribution in [3.8, 4) is 28.3 Å². The highest BCUT2D eigenvalue weighted by molar-refractivity contribution is 6.33. The Kier molecular flexibility index (Phi) is 5.89. The van der Waals surface area contributed by atoms with Crippen molar-refractivity contribution in [1.82, 2.24) is 14.9 Å². The average Bonchev–Trinajstić information content (AvgIpc) is 3.38. The van der Waals surface area contributed by atoms with Crippen molar-refractivity contribution in [2.24, 2.45) is 0 Å². The van der Waals surface area contributed by atoms with Gasteiger partial charge in [-0.1, -0.05) is 46.6 Å². The Hall–Kier alpha value is -3.37. The number of benzene rings is 2. The van der Waals surface area contributed by atoms with E-state index in [0.717, 1.165) is 19.4 Å².